The highest BCUT2D eigenvalue weighted by atomic mass is 32.2. The molecular formula is C18H21N3O3S2. The summed E-state index contributed by atoms with van der Waals surface area (Å²) in [4.78, 5) is 21.4. The number of hydrogen-bond donors (Lipinski definition) is 0. The predicted octanol–water partition coefficient (Wildman–Crippen LogP) is 2.28. The number of para-hydroxylation sites is 1. The molecule has 1 saturated heterocycles. The highest BCUT2D eigenvalue weighted by Gasteiger charge is 2.27. The number of carbonyl (C=O) groups excluding carboxylic acids is 1. The van der Waals surface area contributed by atoms with E-state index in [4.69, 9.17) is 4.98 Å². The molecule has 0 spiro atoms. The lowest BCUT2D eigenvalue weighted by Crippen LogP contribution is -2.36. The van der Waals surface area contributed by atoms with Crippen molar-refractivity contribution in [3.63, 3.8) is 0 Å². The highest BCUT2D eigenvalue weighted by molar-refractivity contribution is 7.94. The number of hydrogen-bond acceptors (Lipinski definition) is 6. The molecule has 4 rings (SSSR count). The van der Waals surface area contributed by atoms with E-state index in [9.17, 15) is 13.2 Å². The van der Waals surface area contributed by atoms with Gasteiger partial charge in [-0.05, 0) is 18.6 Å². The number of rotatable bonds is 3. The Kier molecular flexibility index (Phi) is 4.71. The van der Waals surface area contributed by atoms with Crippen molar-refractivity contribution in [3.05, 3.63) is 35.7 Å². The Hall–Kier alpha value is -1.93. The van der Waals surface area contributed by atoms with Crippen LogP contribution in [0.5, 0.6) is 0 Å². The Labute approximate surface area is 157 Å². The summed E-state index contributed by atoms with van der Waals surface area (Å²) in [6, 6.07) is 8.11. The average molecular weight is 392 g/mol. The summed E-state index contributed by atoms with van der Waals surface area (Å²) in [5.74, 6) is -0.0799. The van der Waals surface area contributed by atoms with Crippen LogP contribution in [-0.4, -0.2) is 56.1 Å². The summed E-state index contributed by atoms with van der Waals surface area (Å²) < 4.78 is 24.2. The number of sulfone groups is 1. The standard InChI is InChI=1S/C18H21N3O3S2/c22-17(12-14-6-11-26(23,24)13-14)20-7-3-8-21(10-9-20)18-19-15-4-1-2-5-16(15)25-18/h1-2,4-6,11,14H,3,7-10,12-13H2. The third-order valence-electron chi connectivity index (χ3n) is 4.84. The number of nitrogens with zero attached hydrogens (tertiary/aromatic N) is 3. The molecule has 1 unspecified atom stereocenters. The van der Waals surface area contributed by atoms with Gasteiger partial charge in [0.2, 0.25) is 5.91 Å². The first-order valence-corrected chi connectivity index (χ1v) is 11.3. The van der Waals surface area contributed by atoms with E-state index in [0.29, 0.717) is 13.1 Å². The van der Waals surface area contributed by atoms with Crippen LogP contribution in [-0.2, 0) is 14.6 Å². The van der Waals surface area contributed by atoms with Gasteiger partial charge in [0, 0.05) is 43.9 Å². The van der Waals surface area contributed by atoms with Crippen LogP contribution < -0.4 is 4.90 Å². The van der Waals surface area contributed by atoms with Gasteiger partial charge in [-0.3, -0.25) is 4.79 Å². The van der Waals surface area contributed by atoms with Gasteiger partial charge in [0.1, 0.15) is 0 Å². The molecule has 0 saturated carbocycles. The fraction of sp³-hybridized carbons (Fsp3) is 0.444. The Morgan fingerprint density at radius 2 is 2.04 bits per heavy atom. The molecule has 1 fully saturated rings. The summed E-state index contributed by atoms with van der Waals surface area (Å²) in [6.07, 6.45) is 2.82. The number of amides is 1. The first-order valence-electron chi connectivity index (χ1n) is 8.79. The van der Waals surface area contributed by atoms with Crippen molar-refractivity contribution in [2.75, 3.05) is 36.8 Å². The maximum Gasteiger partial charge on any atom is 0.223 e. The van der Waals surface area contributed by atoms with Gasteiger partial charge in [-0.25, -0.2) is 13.4 Å². The summed E-state index contributed by atoms with van der Waals surface area (Å²) in [6.45, 7) is 2.99. The third kappa shape index (κ3) is 3.76. The minimum atomic E-state index is -3.10. The van der Waals surface area contributed by atoms with E-state index in [0.717, 1.165) is 30.2 Å². The van der Waals surface area contributed by atoms with E-state index in [1.807, 2.05) is 23.1 Å². The fourth-order valence-corrected chi connectivity index (χ4v) is 5.89. The number of allylic oxidation sites excluding steroid dienone is 1. The van der Waals surface area contributed by atoms with Crippen molar-refractivity contribution in [2.24, 2.45) is 5.92 Å². The maximum atomic E-state index is 12.6. The van der Waals surface area contributed by atoms with Gasteiger partial charge in [-0.15, -0.1) is 0 Å². The zero-order valence-electron chi connectivity index (χ0n) is 14.4. The van der Waals surface area contributed by atoms with Crippen molar-refractivity contribution in [2.45, 2.75) is 12.8 Å². The van der Waals surface area contributed by atoms with Crippen LogP contribution in [0.1, 0.15) is 12.8 Å². The molecule has 1 amide bonds. The zero-order chi connectivity index (χ0) is 18.1. The van der Waals surface area contributed by atoms with Crippen LogP contribution in [0.4, 0.5) is 5.13 Å². The second-order valence-corrected chi connectivity index (χ2v) is 9.75. The highest BCUT2D eigenvalue weighted by Crippen LogP contribution is 2.29. The molecule has 2 aliphatic rings. The molecule has 2 aliphatic heterocycles. The van der Waals surface area contributed by atoms with Crippen LogP contribution in [0.3, 0.4) is 0 Å². The minimum absolute atomic E-state index is 0.0444. The second-order valence-electron chi connectivity index (χ2n) is 6.81. The molecule has 1 atom stereocenters. The third-order valence-corrected chi connectivity index (χ3v) is 7.40. The summed E-state index contributed by atoms with van der Waals surface area (Å²) >= 11 is 1.68. The average Bonchev–Trinajstić information content (AvgIpc) is 3.08. The van der Waals surface area contributed by atoms with E-state index in [-0.39, 0.29) is 24.0 Å². The molecule has 6 nitrogen and oxygen atoms in total. The molecule has 0 aliphatic carbocycles. The molecule has 2 aromatic rings. The van der Waals surface area contributed by atoms with Gasteiger partial charge >= 0.3 is 0 Å². The number of fused-ring (bicyclic) bond motifs is 1. The minimum Gasteiger partial charge on any atom is -0.346 e. The molecule has 3 heterocycles. The number of thiazole rings is 1. The van der Waals surface area contributed by atoms with Crippen LogP contribution in [0.25, 0.3) is 10.2 Å². The van der Waals surface area contributed by atoms with E-state index in [2.05, 4.69) is 11.0 Å². The van der Waals surface area contributed by atoms with Gasteiger partial charge in [0.25, 0.3) is 0 Å². The van der Waals surface area contributed by atoms with Crippen LogP contribution in [0.2, 0.25) is 0 Å². The largest absolute Gasteiger partial charge is 0.346 e. The monoisotopic (exact) mass is 391 g/mol. The quantitative estimate of drug-likeness (QED) is 0.803. The predicted molar refractivity (Wildman–Crippen MR) is 104 cm³/mol. The van der Waals surface area contributed by atoms with E-state index in [1.54, 1.807) is 17.4 Å². The number of benzene rings is 1. The summed E-state index contributed by atoms with van der Waals surface area (Å²) in [5.41, 5.74) is 1.01. The van der Waals surface area contributed by atoms with Crippen molar-refractivity contribution in [1.82, 2.24) is 9.88 Å². The van der Waals surface area contributed by atoms with Crippen molar-refractivity contribution < 1.29 is 13.2 Å². The first-order chi connectivity index (χ1) is 12.5. The van der Waals surface area contributed by atoms with Crippen LogP contribution in [0, 0.1) is 5.92 Å². The number of anilines is 1. The first kappa shape index (κ1) is 17.5. The smallest absolute Gasteiger partial charge is 0.223 e. The van der Waals surface area contributed by atoms with Crippen LogP contribution in [0.15, 0.2) is 35.7 Å². The fourth-order valence-electron chi connectivity index (χ4n) is 3.47. The topological polar surface area (TPSA) is 70.6 Å². The Bertz CT molecular complexity index is 918. The zero-order valence-corrected chi connectivity index (χ0v) is 16.0. The van der Waals surface area contributed by atoms with Gasteiger partial charge in [-0.2, -0.15) is 0 Å². The van der Waals surface area contributed by atoms with E-state index < -0.39 is 9.84 Å². The van der Waals surface area contributed by atoms with Gasteiger partial charge < -0.3 is 9.80 Å². The molecule has 0 N–H and O–H groups in total. The van der Waals surface area contributed by atoms with Gasteiger partial charge in [0.05, 0.1) is 16.0 Å². The molecule has 26 heavy (non-hydrogen) atoms. The van der Waals surface area contributed by atoms with Crippen molar-refractivity contribution in [3.8, 4) is 0 Å². The molecule has 8 heteroatoms. The van der Waals surface area contributed by atoms with Crippen molar-refractivity contribution in [1.29, 1.82) is 0 Å². The Balaban J connectivity index is 1.38. The summed E-state index contributed by atoms with van der Waals surface area (Å²) in [7, 11) is -3.10. The Morgan fingerprint density at radius 3 is 2.81 bits per heavy atom. The molecule has 1 aromatic carbocycles. The van der Waals surface area contributed by atoms with E-state index >= 15 is 0 Å². The van der Waals surface area contributed by atoms with Gasteiger partial charge in [-0.1, -0.05) is 29.5 Å². The molecule has 1 aromatic heterocycles. The lowest BCUT2D eigenvalue weighted by molar-refractivity contribution is -0.131. The number of aromatic nitrogens is 1. The van der Waals surface area contributed by atoms with Crippen molar-refractivity contribution >= 4 is 42.4 Å². The molecule has 0 bridgehead atoms. The van der Waals surface area contributed by atoms with Crippen LogP contribution >= 0.6 is 11.3 Å². The SMILES string of the molecule is O=C(CC1C=CS(=O)(=O)C1)N1CCCN(c2nc3ccccc3s2)CC1. The number of carbonyl (C=O) groups is 1. The Morgan fingerprint density at radius 1 is 1.19 bits per heavy atom. The molecule has 0 radical (unpaired) electrons. The normalized spacial score (nSPS) is 22.7. The van der Waals surface area contributed by atoms with E-state index in [1.165, 1.54) is 10.1 Å². The van der Waals surface area contributed by atoms with Gasteiger partial charge in [0.15, 0.2) is 15.0 Å². The lowest BCUT2D eigenvalue weighted by Gasteiger charge is -2.22. The maximum absolute atomic E-state index is 12.6. The second kappa shape index (κ2) is 7.00. The molecule has 138 valence electrons. The molecular weight excluding hydrogens is 370 g/mol. The summed E-state index contributed by atoms with van der Waals surface area (Å²) in [5, 5.41) is 2.24. The lowest BCUT2D eigenvalue weighted by atomic mass is 10.1.